The lowest BCUT2D eigenvalue weighted by Gasteiger charge is -2.24. The summed E-state index contributed by atoms with van der Waals surface area (Å²) in [5.41, 5.74) is -0.0769. The molecule has 168 valence electrons. The van der Waals surface area contributed by atoms with E-state index in [4.69, 9.17) is 4.74 Å². The highest BCUT2D eigenvalue weighted by Gasteiger charge is 2.32. The number of aromatic hydroxyl groups is 1. The van der Waals surface area contributed by atoms with E-state index < -0.39 is 28.4 Å². The molecule has 0 fully saturated rings. The van der Waals surface area contributed by atoms with Crippen LogP contribution < -0.4 is 10.9 Å². The van der Waals surface area contributed by atoms with Gasteiger partial charge in [-0.1, -0.05) is 25.1 Å². The first-order valence-electron chi connectivity index (χ1n) is 10.1. The Bertz CT molecular complexity index is 1250. The first-order valence-corrected chi connectivity index (χ1v) is 10.1. The molecule has 0 atom stereocenters. The second-order valence-corrected chi connectivity index (χ2v) is 8.29. The van der Waals surface area contributed by atoms with Crippen LogP contribution in [0.25, 0.3) is 5.69 Å². The summed E-state index contributed by atoms with van der Waals surface area (Å²) in [7, 11) is 0. The molecule has 32 heavy (non-hydrogen) atoms. The van der Waals surface area contributed by atoms with Gasteiger partial charge in [0.1, 0.15) is 11.6 Å². The molecule has 0 saturated carbocycles. The van der Waals surface area contributed by atoms with Crippen molar-refractivity contribution in [1.29, 1.82) is 0 Å². The normalized spacial score (nSPS) is 15.1. The van der Waals surface area contributed by atoms with Crippen molar-refractivity contribution in [3.05, 3.63) is 63.3 Å². The van der Waals surface area contributed by atoms with E-state index in [0.29, 0.717) is 36.0 Å². The van der Waals surface area contributed by atoms with Crippen molar-refractivity contribution < 1.29 is 19.0 Å². The Morgan fingerprint density at radius 3 is 2.88 bits per heavy atom. The highest BCUT2D eigenvalue weighted by atomic mass is 19.1. The number of hydrogen-bond donors (Lipinski definition) is 2. The summed E-state index contributed by atoms with van der Waals surface area (Å²) >= 11 is 0. The fourth-order valence-corrected chi connectivity index (χ4v) is 3.60. The minimum Gasteiger partial charge on any atom is -0.501 e. The highest BCUT2D eigenvalue weighted by Crippen LogP contribution is 2.25. The summed E-state index contributed by atoms with van der Waals surface area (Å²) in [6.07, 6.45) is 1.63. The number of amides is 1. The predicted octanol–water partition coefficient (Wildman–Crippen LogP) is 1.21. The molecule has 0 bridgehead atoms. The van der Waals surface area contributed by atoms with E-state index in [0.717, 1.165) is 0 Å². The zero-order chi connectivity index (χ0) is 23.0. The number of benzene rings is 1. The topological polar surface area (TPSA) is 124 Å². The van der Waals surface area contributed by atoms with Gasteiger partial charge in [0.25, 0.3) is 11.5 Å². The Balaban J connectivity index is 1.65. The number of nitrogens with zero attached hydrogens (tertiary/aromatic N) is 5. The van der Waals surface area contributed by atoms with E-state index in [-0.39, 0.29) is 18.8 Å². The van der Waals surface area contributed by atoms with Gasteiger partial charge in [-0.25, -0.2) is 14.1 Å². The molecule has 0 saturated heterocycles. The maximum Gasteiger partial charge on any atom is 0.296 e. The van der Waals surface area contributed by atoms with Gasteiger partial charge >= 0.3 is 0 Å². The van der Waals surface area contributed by atoms with Crippen LogP contribution in [0.3, 0.4) is 0 Å². The van der Waals surface area contributed by atoms with Gasteiger partial charge in [0.05, 0.1) is 37.3 Å². The van der Waals surface area contributed by atoms with Gasteiger partial charge in [0, 0.05) is 12.0 Å². The number of ether oxygens (including phenoxy) is 1. The summed E-state index contributed by atoms with van der Waals surface area (Å²) in [5, 5.41) is 20.9. The molecule has 2 aromatic heterocycles. The Morgan fingerprint density at radius 1 is 1.38 bits per heavy atom. The van der Waals surface area contributed by atoms with Crippen LogP contribution in [0.15, 0.2) is 29.2 Å². The van der Waals surface area contributed by atoms with E-state index in [9.17, 15) is 19.1 Å². The molecule has 1 aliphatic heterocycles. The minimum absolute atomic E-state index is 0.0145. The third-order valence-electron chi connectivity index (χ3n) is 5.23. The van der Waals surface area contributed by atoms with Crippen LogP contribution in [0.2, 0.25) is 0 Å². The lowest BCUT2D eigenvalue weighted by molar-refractivity contribution is 0.0939. The van der Waals surface area contributed by atoms with E-state index >= 15 is 0 Å². The van der Waals surface area contributed by atoms with Crippen LogP contribution in [0, 0.1) is 12.7 Å². The molecule has 3 aromatic rings. The van der Waals surface area contributed by atoms with Crippen molar-refractivity contribution in [2.75, 3.05) is 13.2 Å². The fraction of sp³-hybridized carbons (Fsp3) is 0.381. The SMILES string of the molecule is Cc1cn(-c2cc(F)ccc2CNC(=O)c2nc3n(c(=O)c2O)CCOCC3(C)C)nn1. The lowest BCUT2D eigenvalue weighted by Crippen LogP contribution is -2.36. The molecule has 0 spiro atoms. The van der Waals surface area contributed by atoms with Crippen molar-refractivity contribution in [2.45, 2.75) is 39.3 Å². The highest BCUT2D eigenvalue weighted by molar-refractivity contribution is 5.94. The third-order valence-corrected chi connectivity index (χ3v) is 5.23. The lowest BCUT2D eigenvalue weighted by atomic mass is 9.93. The second kappa shape index (κ2) is 8.15. The summed E-state index contributed by atoms with van der Waals surface area (Å²) < 4.78 is 22.1. The summed E-state index contributed by atoms with van der Waals surface area (Å²) in [4.78, 5) is 29.9. The van der Waals surface area contributed by atoms with Crippen molar-refractivity contribution in [1.82, 2.24) is 29.9 Å². The van der Waals surface area contributed by atoms with Crippen LogP contribution in [-0.2, 0) is 23.2 Å². The summed E-state index contributed by atoms with van der Waals surface area (Å²) in [6.45, 7) is 6.29. The van der Waals surface area contributed by atoms with Crippen LogP contribution in [-0.4, -0.2) is 48.8 Å². The summed E-state index contributed by atoms with van der Waals surface area (Å²) in [5.74, 6) is -1.56. The molecular formula is C21H23FN6O4. The molecule has 11 heteroatoms. The molecule has 1 aromatic carbocycles. The van der Waals surface area contributed by atoms with Crippen molar-refractivity contribution in [3.8, 4) is 11.4 Å². The molecule has 0 aliphatic carbocycles. The van der Waals surface area contributed by atoms with Gasteiger partial charge < -0.3 is 15.2 Å². The van der Waals surface area contributed by atoms with Crippen LogP contribution in [0.4, 0.5) is 4.39 Å². The van der Waals surface area contributed by atoms with Gasteiger partial charge in [-0.05, 0) is 24.6 Å². The van der Waals surface area contributed by atoms with Crippen LogP contribution in [0.1, 0.15) is 41.4 Å². The Kier molecular flexibility index (Phi) is 5.51. The Labute approximate surface area is 182 Å². The van der Waals surface area contributed by atoms with Crippen molar-refractivity contribution in [3.63, 3.8) is 0 Å². The van der Waals surface area contributed by atoms with E-state index in [2.05, 4.69) is 20.6 Å². The Hall–Kier alpha value is -3.60. The maximum atomic E-state index is 13.8. The number of aryl methyl sites for hydroxylation is 1. The number of hydrogen-bond acceptors (Lipinski definition) is 7. The molecule has 1 amide bonds. The monoisotopic (exact) mass is 442 g/mol. The largest absolute Gasteiger partial charge is 0.501 e. The zero-order valence-corrected chi connectivity index (χ0v) is 17.9. The van der Waals surface area contributed by atoms with Gasteiger partial charge in [0.2, 0.25) is 5.75 Å². The molecule has 1 aliphatic rings. The molecule has 3 heterocycles. The van der Waals surface area contributed by atoms with E-state index in [1.807, 2.05) is 13.8 Å². The minimum atomic E-state index is -0.728. The molecule has 2 N–H and O–H groups in total. The number of nitrogens with one attached hydrogen (secondary N) is 1. The number of fused-ring (bicyclic) bond motifs is 1. The fourth-order valence-electron chi connectivity index (χ4n) is 3.60. The van der Waals surface area contributed by atoms with Crippen LogP contribution in [0.5, 0.6) is 5.75 Å². The van der Waals surface area contributed by atoms with Crippen molar-refractivity contribution >= 4 is 5.91 Å². The maximum absolute atomic E-state index is 13.8. The van der Waals surface area contributed by atoms with Gasteiger partial charge in [-0.3, -0.25) is 14.2 Å². The average molecular weight is 442 g/mol. The number of carbonyl (C=O) groups excluding carboxylic acids is 1. The molecule has 0 unspecified atom stereocenters. The first-order chi connectivity index (χ1) is 15.2. The molecule has 0 radical (unpaired) electrons. The zero-order valence-electron chi connectivity index (χ0n) is 17.9. The standard InChI is InChI=1S/C21H23FN6O4/c1-12-10-28(26-25-12)15-8-14(22)5-4-13(15)9-23-18(30)16-17(29)19(31)27-6-7-32-11-21(2,3)20(27)24-16/h4-5,8,10,29H,6-7,9,11H2,1-3H3,(H,23,30). The number of halogens is 1. The summed E-state index contributed by atoms with van der Waals surface area (Å²) in [6, 6.07) is 4.06. The third kappa shape index (κ3) is 3.98. The predicted molar refractivity (Wildman–Crippen MR) is 111 cm³/mol. The van der Waals surface area contributed by atoms with Gasteiger partial charge in [-0.15, -0.1) is 5.10 Å². The van der Waals surface area contributed by atoms with Crippen LogP contribution >= 0.6 is 0 Å². The van der Waals surface area contributed by atoms with Gasteiger partial charge in [-0.2, -0.15) is 0 Å². The number of carbonyl (C=O) groups is 1. The van der Waals surface area contributed by atoms with E-state index in [1.165, 1.54) is 27.4 Å². The Morgan fingerprint density at radius 2 is 2.16 bits per heavy atom. The van der Waals surface area contributed by atoms with Gasteiger partial charge in [0.15, 0.2) is 5.69 Å². The second-order valence-electron chi connectivity index (χ2n) is 8.29. The smallest absolute Gasteiger partial charge is 0.296 e. The molecular weight excluding hydrogens is 419 g/mol. The molecule has 10 nitrogen and oxygen atoms in total. The number of rotatable bonds is 4. The van der Waals surface area contributed by atoms with E-state index in [1.54, 1.807) is 13.1 Å². The average Bonchev–Trinajstić information content (AvgIpc) is 3.12. The quantitative estimate of drug-likeness (QED) is 0.622. The van der Waals surface area contributed by atoms with Crippen molar-refractivity contribution in [2.24, 2.45) is 0 Å². The molecule has 4 rings (SSSR count). The first kappa shape index (κ1) is 21.6. The number of aromatic nitrogens is 5.